The Morgan fingerprint density at radius 1 is 0.921 bits per heavy atom. The molecule has 3 aromatic rings. The van der Waals surface area contributed by atoms with Crippen LogP contribution >= 0.6 is 15.9 Å². The molecule has 0 aliphatic rings. The number of nitrogens with zero attached hydrogens (tertiary/aromatic N) is 3. The zero-order valence-corrected chi connectivity index (χ0v) is 23.7. The number of hydrogen-bond acceptors (Lipinski definition) is 4. The van der Waals surface area contributed by atoms with Gasteiger partial charge in [0.15, 0.2) is 0 Å². The minimum Gasteiger partial charge on any atom is -0.357 e. The van der Waals surface area contributed by atoms with E-state index in [0.29, 0.717) is 0 Å². The summed E-state index contributed by atoms with van der Waals surface area (Å²) in [5.41, 5.74) is 1.72. The third-order valence-electron chi connectivity index (χ3n) is 5.92. The molecule has 0 aromatic heterocycles. The maximum Gasteiger partial charge on any atom is 0.304 e. The topological polar surface area (TPSA) is 90.0 Å². The van der Waals surface area contributed by atoms with Gasteiger partial charge in [-0.3, -0.25) is 9.59 Å². The number of likely N-dealkylation sites (N-methyl/N-ethyl adjacent to an activating group) is 1. The molecule has 202 valence electrons. The van der Waals surface area contributed by atoms with E-state index in [9.17, 15) is 22.4 Å². The molecule has 0 saturated heterocycles. The van der Waals surface area contributed by atoms with Crippen LogP contribution in [0.3, 0.4) is 0 Å². The Morgan fingerprint density at radius 2 is 1.53 bits per heavy atom. The van der Waals surface area contributed by atoms with Crippen LogP contribution in [0, 0.1) is 5.82 Å². The van der Waals surface area contributed by atoms with Crippen molar-refractivity contribution in [2.75, 3.05) is 32.0 Å². The van der Waals surface area contributed by atoms with E-state index >= 15 is 0 Å². The molecule has 0 aliphatic heterocycles. The molecule has 0 fully saturated rings. The van der Waals surface area contributed by atoms with Crippen LogP contribution in [0.5, 0.6) is 0 Å². The van der Waals surface area contributed by atoms with E-state index in [4.69, 9.17) is 0 Å². The molecule has 1 N–H and O–H groups in total. The molecule has 2 amide bonds. The molecule has 3 aromatic carbocycles. The SMILES string of the molecule is CNC(=O)[C@H](Cc1ccccc1)N(Cc1ccc(Br)cc1)C(=O)CN(c1ccc(F)cc1)S(=O)(=O)N(C)C. The average molecular weight is 606 g/mol. The summed E-state index contributed by atoms with van der Waals surface area (Å²) in [7, 11) is 0.0494. The Bertz CT molecular complexity index is 1340. The first kappa shape index (κ1) is 29.3. The number of rotatable bonds is 11. The van der Waals surface area contributed by atoms with E-state index in [1.165, 1.54) is 38.2 Å². The lowest BCUT2D eigenvalue weighted by molar-refractivity contribution is -0.139. The fraction of sp³-hybridized carbons (Fsp3) is 0.259. The van der Waals surface area contributed by atoms with Crippen LogP contribution in [0.4, 0.5) is 10.1 Å². The van der Waals surface area contributed by atoms with Gasteiger partial charge >= 0.3 is 10.2 Å². The maximum absolute atomic E-state index is 13.9. The average Bonchev–Trinajstić information content (AvgIpc) is 2.90. The fourth-order valence-electron chi connectivity index (χ4n) is 3.83. The summed E-state index contributed by atoms with van der Waals surface area (Å²) in [5.74, 6) is -1.52. The number of benzene rings is 3. The van der Waals surface area contributed by atoms with Gasteiger partial charge in [0.25, 0.3) is 0 Å². The summed E-state index contributed by atoms with van der Waals surface area (Å²) in [6.07, 6.45) is 0.222. The van der Waals surface area contributed by atoms with E-state index < -0.39 is 34.5 Å². The van der Waals surface area contributed by atoms with Gasteiger partial charge in [0.2, 0.25) is 11.8 Å². The smallest absolute Gasteiger partial charge is 0.304 e. The fourth-order valence-corrected chi connectivity index (χ4v) is 5.15. The molecular weight excluding hydrogens is 575 g/mol. The maximum atomic E-state index is 13.9. The minimum absolute atomic E-state index is 0.0658. The van der Waals surface area contributed by atoms with Gasteiger partial charge in [0.1, 0.15) is 18.4 Å². The number of amides is 2. The highest BCUT2D eigenvalue weighted by molar-refractivity contribution is 9.10. The third kappa shape index (κ3) is 7.40. The van der Waals surface area contributed by atoms with Crippen molar-refractivity contribution in [2.45, 2.75) is 19.0 Å². The minimum atomic E-state index is -4.13. The molecule has 1 atom stereocenters. The molecule has 0 bridgehead atoms. The van der Waals surface area contributed by atoms with E-state index in [1.807, 2.05) is 54.6 Å². The van der Waals surface area contributed by atoms with Crippen molar-refractivity contribution in [2.24, 2.45) is 0 Å². The Labute approximate surface area is 231 Å². The van der Waals surface area contributed by atoms with E-state index in [0.717, 1.165) is 36.3 Å². The van der Waals surface area contributed by atoms with E-state index in [-0.39, 0.29) is 24.6 Å². The Hall–Kier alpha value is -3.28. The van der Waals surface area contributed by atoms with Gasteiger partial charge in [-0.15, -0.1) is 0 Å². The van der Waals surface area contributed by atoms with Gasteiger partial charge in [0.05, 0.1) is 5.69 Å². The zero-order chi connectivity index (χ0) is 27.9. The molecule has 11 heteroatoms. The summed E-state index contributed by atoms with van der Waals surface area (Å²) in [6, 6.07) is 20.5. The summed E-state index contributed by atoms with van der Waals surface area (Å²) in [4.78, 5) is 28.4. The largest absolute Gasteiger partial charge is 0.357 e. The van der Waals surface area contributed by atoms with Crippen LogP contribution < -0.4 is 9.62 Å². The van der Waals surface area contributed by atoms with Crippen molar-refractivity contribution in [1.82, 2.24) is 14.5 Å². The van der Waals surface area contributed by atoms with Crippen LogP contribution in [0.1, 0.15) is 11.1 Å². The van der Waals surface area contributed by atoms with Gasteiger partial charge in [-0.25, -0.2) is 8.70 Å². The van der Waals surface area contributed by atoms with Gasteiger partial charge in [-0.1, -0.05) is 58.4 Å². The number of carbonyl (C=O) groups excluding carboxylic acids is 2. The highest BCUT2D eigenvalue weighted by Gasteiger charge is 2.34. The number of anilines is 1. The van der Waals surface area contributed by atoms with Crippen LogP contribution in [0.15, 0.2) is 83.3 Å². The molecular formula is C27H30BrFN4O4S. The van der Waals surface area contributed by atoms with Gasteiger partial charge in [-0.2, -0.15) is 12.7 Å². The number of carbonyl (C=O) groups is 2. The Morgan fingerprint density at radius 3 is 2.08 bits per heavy atom. The van der Waals surface area contributed by atoms with Crippen LogP contribution in [0.25, 0.3) is 0 Å². The summed E-state index contributed by atoms with van der Waals surface area (Å²) in [6.45, 7) is -0.527. The molecule has 0 unspecified atom stereocenters. The zero-order valence-electron chi connectivity index (χ0n) is 21.3. The molecule has 38 heavy (non-hydrogen) atoms. The first-order valence-electron chi connectivity index (χ1n) is 11.8. The van der Waals surface area contributed by atoms with Crippen molar-refractivity contribution in [3.05, 3.63) is 100 Å². The van der Waals surface area contributed by atoms with Crippen molar-refractivity contribution in [1.29, 1.82) is 0 Å². The first-order chi connectivity index (χ1) is 18.0. The van der Waals surface area contributed by atoms with Gasteiger partial charge < -0.3 is 10.2 Å². The predicted octanol–water partition coefficient (Wildman–Crippen LogP) is 3.59. The van der Waals surface area contributed by atoms with Gasteiger partial charge in [0, 0.05) is 38.6 Å². The summed E-state index contributed by atoms with van der Waals surface area (Å²) >= 11 is 3.40. The van der Waals surface area contributed by atoms with E-state index in [2.05, 4.69) is 21.2 Å². The Kier molecular flexibility index (Phi) is 10.0. The van der Waals surface area contributed by atoms with Crippen molar-refractivity contribution < 1.29 is 22.4 Å². The molecule has 3 rings (SSSR count). The molecule has 0 radical (unpaired) electrons. The molecule has 8 nitrogen and oxygen atoms in total. The number of halogens is 2. The lowest BCUT2D eigenvalue weighted by Crippen LogP contribution is -2.53. The molecule has 0 saturated carbocycles. The predicted molar refractivity (Wildman–Crippen MR) is 149 cm³/mol. The molecule has 0 spiro atoms. The second-order valence-electron chi connectivity index (χ2n) is 8.74. The van der Waals surface area contributed by atoms with Crippen molar-refractivity contribution in [3.63, 3.8) is 0 Å². The number of hydrogen-bond donors (Lipinski definition) is 1. The van der Waals surface area contributed by atoms with Crippen LogP contribution in [0.2, 0.25) is 0 Å². The standard InChI is InChI=1S/C27H30BrFN4O4S/c1-30-27(35)25(17-20-7-5-4-6-8-20)32(18-21-9-11-22(28)12-10-21)26(34)19-33(38(36,37)31(2)3)24-15-13-23(29)14-16-24/h4-16,25H,17-19H2,1-3H3,(H,30,35)/t25-/m0/s1. The summed E-state index contributed by atoms with van der Waals surface area (Å²) < 4.78 is 42.8. The van der Waals surface area contributed by atoms with Crippen LogP contribution in [-0.2, 0) is 32.8 Å². The van der Waals surface area contributed by atoms with Gasteiger partial charge in [-0.05, 0) is 47.5 Å². The molecule has 0 aliphatic carbocycles. The van der Waals surface area contributed by atoms with Crippen molar-refractivity contribution >= 4 is 43.6 Å². The highest BCUT2D eigenvalue weighted by Crippen LogP contribution is 2.22. The molecule has 0 heterocycles. The third-order valence-corrected chi connectivity index (χ3v) is 8.27. The van der Waals surface area contributed by atoms with Crippen molar-refractivity contribution in [3.8, 4) is 0 Å². The van der Waals surface area contributed by atoms with E-state index in [1.54, 1.807) is 0 Å². The Balaban J connectivity index is 2.05. The summed E-state index contributed by atoms with van der Waals surface area (Å²) in [5, 5.41) is 2.63. The normalized spacial score (nSPS) is 12.2. The lowest BCUT2D eigenvalue weighted by Gasteiger charge is -2.34. The second-order valence-corrected chi connectivity index (χ2v) is 11.7. The highest BCUT2D eigenvalue weighted by atomic mass is 79.9. The second kappa shape index (κ2) is 13.0. The monoisotopic (exact) mass is 604 g/mol. The lowest BCUT2D eigenvalue weighted by atomic mass is 10.0. The quantitative estimate of drug-likeness (QED) is 0.362. The first-order valence-corrected chi connectivity index (χ1v) is 14.0. The number of nitrogens with one attached hydrogen (secondary N) is 1. The van der Waals surface area contributed by atoms with Crippen LogP contribution in [-0.4, -0.2) is 63.2 Å².